The molecule has 0 atom stereocenters. The molecule has 0 aromatic rings. The van der Waals surface area contributed by atoms with Crippen LogP contribution in [0.1, 0.15) is 85.5 Å². The summed E-state index contributed by atoms with van der Waals surface area (Å²) in [6.45, 7) is 16.0. The molecule has 0 nitrogen and oxygen atoms in total. The van der Waals surface area contributed by atoms with Crippen LogP contribution in [0.15, 0.2) is 48.6 Å². The smallest absolute Gasteiger partial charge is 0.0320 e. The Hall–Kier alpha value is -1.04. The standard InChI is InChI=1S/C11H20.C10H18/c1-4-7-8-9-10-11(5-2)6-3;1-4-5-6-7-8-9-10(2)3/h4-5H,1,6-10H2,2-3H3;4,9H,1,5-8H2,2-3H3. The van der Waals surface area contributed by atoms with Crippen LogP contribution in [0.25, 0.3) is 0 Å². The van der Waals surface area contributed by atoms with Gasteiger partial charge in [0.05, 0.1) is 0 Å². The predicted molar refractivity (Wildman–Crippen MR) is 101 cm³/mol. The van der Waals surface area contributed by atoms with Gasteiger partial charge in [-0.15, -0.1) is 13.2 Å². The summed E-state index contributed by atoms with van der Waals surface area (Å²) in [7, 11) is 0. The SMILES string of the molecule is C=CCCCCC(=CC)CC.C=CCCCCC=C(C)C. The highest BCUT2D eigenvalue weighted by molar-refractivity contribution is 4.98. The van der Waals surface area contributed by atoms with Gasteiger partial charge in [-0.05, 0) is 78.6 Å². The zero-order valence-corrected chi connectivity index (χ0v) is 15.1. The van der Waals surface area contributed by atoms with E-state index in [1.165, 1.54) is 56.9 Å². The molecule has 0 aromatic heterocycles. The van der Waals surface area contributed by atoms with Crippen LogP contribution in [0.4, 0.5) is 0 Å². The topological polar surface area (TPSA) is 0 Å². The first kappa shape index (κ1) is 22.2. The van der Waals surface area contributed by atoms with Crippen LogP contribution in [-0.2, 0) is 0 Å². The Bertz CT molecular complexity index is 287. The molecule has 122 valence electrons. The van der Waals surface area contributed by atoms with Gasteiger partial charge in [-0.2, -0.15) is 0 Å². The monoisotopic (exact) mass is 290 g/mol. The number of allylic oxidation sites excluding steroid dienone is 6. The summed E-state index contributed by atoms with van der Waals surface area (Å²) in [5, 5.41) is 0. The lowest BCUT2D eigenvalue weighted by Gasteiger charge is -2.01. The van der Waals surface area contributed by atoms with E-state index in [2.05, 4.69) is 53.0 Å². The lowest BCUT2D eigenvalue weighted by atomic mass is 10.1. The molecule has 0 bridgehead atoms. The summed E-state index contributed by atoms with van der Waals surface area (Å²) >= 11 is 0. The number of hydrogen-bond donors (Lipinski definition) is 0. The van der Waals surface area contributed by atoms with Crippen LogP contribution in [0.5, 0.6) is 0 Å². The van der Waals surface area contributed by atoms with Gasteiger partial charge in [0.1, 0.15) is 0 Å². The van der Waals surface area contributed by atoms with Crippen molar-refractivity contribution in [2.24, 2.45) is 0 Å². The van der Waals surface area contributed by atoms with Crippen molar-refractivity contribution < 1.29 is 0 Å². The summed E-state index contributed by atoms with van der Waals surface area (Å²) in [6, 6.07) is 0. The van der Waals surface area contributed by atoms with Crippen LogP contribution in [0, 0.1) is 0 Å². The molecule has 0 aromatic carbocycles. The first-order valence-electron chi connectivity index (χ1n) is 8.61. The molecule has 0 aliphatic carbocycles. The highest BCUT2D eigenvalue weighted by Crippen LogP contribution is 2.11. The molecule has 0 aliphatic heterocycles. The summed E-state index contributed by atoms with van der Waals surface area (Å²) < 4.78 is 0. The van der Waals surface area contributed by atoms with E-state index >= 15 is 0 Å². The van der Waals surface area contributed by atoms with E-state index in [9.17, 15) is 0 Å². The molecule has 0 heteroatoms. The van der Waals surface area contributed by atoms with E-state index in [1.807, 2.05) is 12.2 Å². The molecule has 0 unspecified atom stereocenters. The third kappa shape index (κ3) is 21.4. The first-order valence-corrected chi connectivity index (χ1v) is 8.61. The minimum absolute atomic E-state index is 1.16. The largest absolute Gasteiger partial charge is 0.103 e. The van der Waals surface area contributed by atoms with Gasteiger partial charge in [0.2, 0.25) is 0 Å². The number of hydrogen-bond acceptors (Lipinski definition) is 0. The van der Waals surface area contributed by atoms with Crippen LogP contribution in [0.2, 0.25) is 0 Å². The Morgan fingerprint density at radius 2 is 1.38 bits per heavy atom. The Kier molecular flexibility index (Phi) is 20.1. The molecule has 21 heavy (non-hydrogen) atoms. The lowest BCUT2D eigenvalue weighted by Crippen LogP contribution is -1.81. The average molecular weight is 291 g/mol. The van der Waals surface area contributed by atoms with Crippen molar-refractivity contribution >= 4 is 0 Å². The van der Waals surface area contributed by atoms with Gasteiger partial charge in [-0.1, -0.05) is 42.4 Å². The van der Waals surface area contributed by atoms with Crippen LogP contribution in [-0.4, -0.2) is 0 Å². The molecular formula is C21H38. The van der Waals surface area contributed by atoms with Gasteiger partial charge in [0.15, 0.2) is 0 Å². The zero-order chi connectivity index (χ0) is 16.3. The highest BCUT2D eigenvalue weighted by atomic mass is 14.0. The Balaban J connectivity index is 0. The van der Waals surface area contributed by atoms with Crippen molar-refractivity contribution in [3.05, 3.63) is 48.6 Å². The first-order chi connectivity index (χ1) is 10.1. The molecule has 0 aliphatic rings. The van der Waals surface area contributed by atoms with E-state index in [4.69, 9.17) is 0 Å². The lowest BCUT2D eigenvalue weighted by molar-refractivity contribution is 0.727. The fourth-order valence-electron chi connectivity index (χ4n) is 1.99. The Labute approximate surface area is 134 Å². The zero-order valence-electron chi connectivity index (χ0n) is 15.1. The normalized spacial score (nSPS) is 10.4. The molecule has 0 heterocycles. The predicted octanol–water partition coefficient (Wildman–Crippen LogP) is 7.79. The van der Waals surface area contributed by atoms with Crippen molar-refractivity contribution in [2.45, 2.75) is 85.5 Å². The quantitative estimate of drug-likeness (QED) is 0.269. The maximum absolute atomic E-state index is 3.70. The van der Waals surface area contributed by atoms with Crippen molar-refractivity contribution in [3.8, 4) is 0 Å². The second-order valence-corrected chi connectivity index (χ2v) is 5.69. The minimum Gasteiger partial charge on any atom is -0.103 e. The van der Waals surface area contributed by atoms with Crippen molar-refractivity contribution in [1.29, 1.82) is 0 Å². The van der Waals surface area contributed by atoms with Gasteiger partial charge < -0.3 is 0 Å². The molecule has 0 amide bonds. The Morgan fingerprint density at radius 1 is 0.857 bits per heavy atom. The van der Waals surface area contributed by atoms with Crippen molar-refractivity contribution in [2.75, 3.05) is 0 Å². The number of unbranched alkanes of at least 4 members (excludes halogenated alkanes) is 5. The summed E-state index contributed by atoms with van der Waals surface area (Å²) in [5.74, 6) is 0. The van der Waals surface area contributed by atoms with Crippen LogP contribution in [0.3, 0.4) is 0 Å². The number of rotatable bonds is 11. The molecule has 0 spiro atoms. The van der Waals surface area contributed by atoms with E-state index in [1.54, 1.807) is 5.57 Å². The Morgan fingerprint density at radius 3 is 1.81 bits per heavy atom. The third-order valence-electron chi connectivity index (χ3n) is 3.43. The van der Waals surface area contributed by atoms with E-state index in [-0.39, 0.29) is 0 Å². The van der Waals surface area contributed by atoms with Crippen LogP contribution < -0.4 is 0 Å². The van der Waals surface area contributed by atoms with Crippen molar-refractivity contribution in [1.82, 2.24) is 0 Å². The van der Waals surface area contributed by atoms with E-state index in [0.717, 1.165) is 6.42 Å². The van der Waals surface area contributed by atoms with Gasteiger partial charge >= 0.3 is 0 Å². The summed E-state index contributed by atoms with van der Waals surface area (Å²) in [5.41, 5.74) is 3.02. The molecule has 0 rings (SSSR count). The third-order valence-corrected chi connectivity index (χ3v) is 3.43. The fourth-order valence-corrected chi connectivity index (χ4v) is 1.99. The molecule has 0 saturated carbocycles. The fraction of sp³-hybridized carbons (Fsp3) is 0.619. The molecule has 0 saturated heterocycles. The molecule has 0 fully saturated rings. The highest BCUT2D eigenvalue weighted by Gasteiger charge is 1.91. The minimum atomic E-state index is 1.16. The molecule has 0 radical (unpaired) electrons. The van der Waals surface area contributed by atoms with Gasteiger partial charge in [0.25, 0.3) is 0 Å². The van der Waals surface area contributed by atoms with Crippen LogP contribution >= 0.6 is 0 Å². The van der Waals surface area contributed by atoms with E-state index in [0.29, 0.717) is 0 Å². The van der Waals surface area contributed by atoms with E-state index < -0.39 is 0 Å². The van der Waals surface area contributed by atoms with Gasteiger partial charge in [-0.25, -0.2) is 0 Å². The molecule has 0 N–H and O–H groups in total. The average Bonchev–Trinajstić information content (AvgIpc) is 2.48. The van der Waals surface area contributed by atoms with Gasteiger partial charge in [0, 0.05) is 0 Å². The maximum atomic E-state index is 3.70. The second-order valence-electron chi connectivity index (χ2n) is 5.69. The summed E-state index contributed by atoms with van der Waals surface area (Å²) in [4.78, 5) is 0. The van der Waals surface area contributed by atoms with Gasteiger partial charge in [-0.3, -0.25) is 0 Å². The van der Waals surface area contributed by atoms with Crippen molar-refractivity contribution in [3.63, 3.8) is 0 Å². The summed E-state index contributed by atoms with van der Waals surface area (Å²) in [6.07, 6.45) is 19.8. The molecular weight excluding hydrogens is 252 g/mol. The second kappa shape index (κ2) is 19.0. The maximum Gasteiger partial charge on any atom is -0.0320 e.